The maximum atomic E-state index is 13.1. The fraction of sp³-hybridized carbons (Fsp3) is 0.227. The summed E-state index contributed by atoms with van der Waals surface area (Å²) in [7, 11) is -2.40. The molecule has 1 aromatic heterocycles. The Balaban J connectivity index is 1.55. The molecule has 0 saturated heterocycles. The van der Waals surface area contributed by atoms with Crippen LogP contribution in [0.2, 0.25) is 0 Å². The molecule has 4 rings (SSSR count). The number of hydrogen-bond acceptors (Lipinski definition) is 7. The van der Waals surface area contributed by atoms with Crippen molar-refractivity contribution in [2.45, 2.75) is 19.4 Å². The number of rotatable bonds is 6. The van der Waals surface area contributed by atoms with E-state index in [1.807, 2.05) is 24.3 Å². The van der Waals surface area contributed by atoms with Crippen LogP contribution in [0.15, 0.2) is 52.9 Å². The van der Waals surface area contributed by atoms with Gasteiger partial charge in [0.15, 0.2) is 5.84 Å². The lowest BCUT2D eigenvalue weighted by molar-refractivity contribution is 0.0882. The number of benzene rings is 2. The summed E-state index contributed by atoms with van der Waals surface area (Å²) < 4.78 is 40.5. The summed E-state index contributed by atoms with van der Waals surface area (Å²) in [4.78, 5) is 17.5. The molecule has 2 heterocycles. The van der Waals surface area contributed by atoms with E-state index >= 15 is 0 Å². The van der Waals surface area contributed by atoms with Gasteiger partial charge in [-0.1, -0.05) is 24.3 Å². The average molecular weight is 470 g/mol. The number of amidine groups is 1. The van der Waals surface area contributed by atoms with Crippen molar-refractivity contribution >= 4 is 38.5 Å². The number of ether oxygens (including phenoxy) is 2. The van der Waals surface area contributed by atoms with Gasteiger partial charge < -0.3 is 20.5 Å². The molecule has 1 amide bonds. The largest absolute Gasteiger partial charge is 0.490 e. The number of amides is 1. The quantitative estimate of drug-likeness (QED) is 0.502. The lowest BCUT2D eigenvalue weighted by Crippen LogP contribution is -2.48. The fourth-order valence-corrected chi connectivity index (χ4v) is 4.29. The van der Waals surface area contributed by atoms with Crippen LogP contribution in [0, 0.1) is 0 Å². The monoisotopic (exact) mass is 469 g/mol. The van der Waals surface area contributed by atoms with Crippen LogP contribution >= 0.6 is 0 Å². The topological polar surface area (TPSA) is 145 Å². The van der Waals surface area contributed by atoms with E-state index in [0.29, 0.717) is 33.7 Å². The highest BCUT2D eigenvalue weighted by atomic mass is 32.2. The molecule has 4 N–H and O–H groups in total. The highest BCUT2D eigenvalue weighted by Crippen LogP contribution is 2.31. The molecule has 11 heteroatoms. The molecule has 0 spiro atoms. The van der Waals surface area contributed by atoms with E-state index in [4.69, 9.17) is 15.2 Å². The second kappa shape index (κ2) is 8.24. The zero-order valence-electron chi connectivity index (χ0n) is 18.2. The van der Waals surface area contributed by atoms with Crippen molar-refractivity contribution in [1.82, 2.24) is 10.3 Å². The Labute approximate surface area is 191 Å². The van der Waals surface area contributed by atoms with E-state index in [9.17, 15) is 13.2 Å². The number of hydrogen-bond donors (Lipinski definition) is 3. The second-order valence-corrected chi connectivity index (χ2v) is 9.43. The molecule has 0 fully saturated rings. The molecule has 3 aromatic rings. The van der Waals surface area contributed by atoms with E-state index in [2.05, 4.69) is 19.4 Å². The maximum absolute atomic E-state index is 13.1. The van der Waals surface area contributed by atoms with Crippen LogP contribution in [0.3, 0.4) is 0 Å². The van der Waals surface area contributed by atoms with Gasteiger partial charge in [0.2, 0.25) is 5.88 Å². The third-order valence-electron chi connectivity index (χ3n) is 4.93. The summed E-state index contributed by atoms with van der Waals surface area (Å²) >= 11 is 0. The Bertz CT molecular complexity index is 1390. The van der Waals surface area contributed by atoms with Crippen LogP contribution < -0.4 is 25.2 Å². The predicted octanol–water partition coefficient (Wildman–Crippen LogP) is 2.21. The number of nitrogens with zero attached hydrogens (tertiary/aromatic N) is 2. The average Bonchev–Trinajstić information content (AvgIpc) is 2.75. The van der Waals surface area contributed by atoms with Crippen LogP contribution in [0.5, 0.6) is 11.6 Å². The number of pyridine rings is 1. The number of fused-ring (bicyclic) bond motifs is 2. The van der Waals surface area contributed by atoms with Gasteiger partial charge >= 0.3 is 10.2 Å². The number of anilines is 1. The van der Waals surface area contributed by atoms with Gasteiger partial charge in [-0.15, -0.1) is 4.40 Å². The Morgan fingerprint density at radius 3 is 2.70 bits per heavy atom. The van der Waals surface area contributed by atoms with E-state index in [1.54, 1.807) is 38.1 Å². The Morgan fingerprint density at radius 2 is 1.94 bits per heavy atom. The Morgan fingerprint density at radius 1 is 1.18 bits per heavy atom. The summed E-state index contributed by atoms with van der Waals surface area (Å²) in [6.07, 6.45) is 0. The first-order valence-electron chi connectivity index (χ1n) is 9.99. The second-order valence-electron chi connectivity index (χ2n) is 8.09. The summed E-state index contributed by atoms with van der Waals surface area (Å²) in [5, 5.41) is 3.67. The van der Waals surface area contributed by atoms with Gasteiger partial charge in [-0.25, -0.2) is 4.98 Å². The van der Waals surface area contributed by atoms with Crippen molar-refractivity contribution in [3.8, 4) is 11.6 Å². The molecule has 2 aromatic carbocycles. The SMILES string of the molecule is COc1cc(C(=O)NC(C)(C)COc2cccc3c2C(N)=NS(=O)(=O)N3)c2ccccc2n1. The number of aromatic nitrogens is 1. The summed E-state index contributed by atoms with van der Waals surface area (Å²) in [5.74, 6) is 0.191. The minimum absolute atomic E-state index is 0.0787. The van der Waals surface area contributed by atoms with Crippen LogP contribution in [0.25, 0.3) is 10.9 Å². The van der Waals surface area contributed by atoms with Crippen molar-refractivity contribution in [2.24, 2.45) is 10.1 Å². The van der Waals surface area contributed by atoms with Crippen molar-refractivity contribution < 1.29 is 22.7 Å². The molecule has 0 bridgehead atoms. The van der Waals surface area contributed by atoms with Gasteiger partial charge in [-0.05, 0) is 32.0 Å². The predicted molar refractivity (Wildman–Crippen MR) is 125 cm³/mol. The third kappa shape index (κ3) is 4.67. The fourth-order valence-electron chi connectivity index (χ4n) is 3.45. The van der Waals surface area contributed by atoms with Gasteiger partial charge in [-0.2, -0.15) is 8.42 Å². The Hall–Kier alpha value is -3.86. The van der Waals surface area contributed by atoms with Crippen molar-refractivity contribution in [1.29, 1.82) is 0 Å². The van der Waals surface area contributed by atoms with E-state index in [-0.39, 0.29) is 24.0 Å². The van der Waals surface area contributed by atoms with Crippen LogP contribution in [0.1, 0.15) is 29.8 Å². The maximum Gasteiger partial charge on any atom is 0.344 e. The van der Waals surface area contributed by atoms with Gasteiger partial charge in [0, 0.05) is 11.5 Å². The van der Waals surface area contributed by atoms with Crippen LogP contribution in [0.4, 0.5) is 5.69 Å². The molecule has 0 aliphatic carbocycles. The highest BCUT2D eigenvalue weighted by molar-refractivity contribution is 7.91. The van der Waals surface area contributed by atoms with Gasteiger partial charge in [-0.3, -0.25) is 9.52 Å². The van der Waals surface area contributed by atoms with Crippen molar-refractivity contribution in [3.05, 3.63) is 59.7 Å². The smallest absolute Gasteiger partial charge is 0.344 e. The Kier molecular flexibility index (Phi) is 5.58. The van der Waals surface area contributed by atoms with E-state index < -0.39 is 15.7 Å². The first-order chi connectivity index (χ1) is 15.6. The number of nitrogens with one attached hydrogen (secondary N) is 2. The van der Waals surface area contributed by atoms with Crippen molar-refractivity contribution in [2.75, 3.05) is 18.4 Å². The van der Waals surface area contributed by atoms with E-state index in [0.717, 1.165) is 0 Å². The number of carbonyl (C=O) groups is 1. The normalized spacial score (nSPS) is 14.6. The van der Waals surface area contributed by atoms with Crippen molar-refractivity contribution in [3.63, 3.8) is 0 Å². The molecule has 0 saturated carbocycles. The van der Waals surface area contributed by atoms with E-state index in [1.165, 1.54) is 7.11 Å². The number of methoxy groups -OCH3 is 1. The lowest BCUT2D eigenvalue weighted by atomic mass is 10.0. The minimum atomic E-state index is -3.89. The first kappa shape index (κ1) is 22.3. The van der Waals surface area contributed by atoms with Gasteiger partial charge in [0.1, 0.15) is 12.4 Å². The molecule has 0 radical (unpaired) electrons. The molecule has 172 valence electrons. The lowest BCUT2D eigenvalue weighted by Gasteiger charge is -2.28. The molecular formula is C22H23N5O5S. The summed E-state index contributed by atoms with van der Waals surface area (Å²) in [5.41, 5.74) is 6.76. The van der Waals surface area contributed by atoms with Gasteiger partial charge in [0.05, 0.1) is 35.0 Å². The molecule has 10 nitrogen and oxygen atoms in total. The van der Waals surface area contributed by atoms with Gasteiger partial charge in [0.25, 0.3) is 5.91 Å². The number of para-hydroxylation sites is 1. The zero-order valence-corrected chi connectivity index (χ0v) is 19.1. The molecule has 33 heavy (non-hydrogen) atoms. The van der Waals surface area contributed by atoms with Crippen LogP contribution in [-0.2, 0) is 10.2 Å². The molecular weight excluding hydrogens is 446 g/mol. The standard InChI is InChI=1S/C22H23N5O5S/c1-22(2,12-32-17-10-6-9-16-19(17)20(23)27-33(29,30)26-16)25-21(28)14-11-18(31-3)24-15-8-5-4-7-13(14)15/h4-11,26H,12H2,1-3H3,(H2,23,27)(H,25,28). The summed E-state index contributed by atoms with van der Waals surface area (Å²) in [6.45, 7) is 3.69. The number of carbonyl (C=O) groups excluding carboxylic acids is 1. The molecule has 1 aliphatic heterocycles. The third-order valence-corrected chi connectivity index (χ3v) is 5.84. The molecule has 0 atom stereocenters. The molecule has 0 unspecified atom stereocenters. The summed E-state index contributed by atoms with van der Waals surface area (Å²) in [6, 6.07) is 13.7. The highest BCUT2D eigenvalue weighted by Gasteiger charge is 2.27. The number of nitrogens with two attached hydrogens (primary N) is 1. The minimum Gasteiger partial charge on any atom is -0.490 e. The van der Waals surface area contributed by atoms with Crippen LogP contribution in [-0.4, -0.2) is 44.4 Å². The zero-order chi connectivity index (χ0) is 23.8. The molecule has 1 aliphatic rings. The first-order valence-corrected chi connectivity index (χ1v) is 11.4.